The third-order valence-electron chi connectivity index (χ3n) is 2.89. The van der Waals surface area contributed by atoms with E-state index in [-0.39, 0.29) is 16.6 Å². The minimum absolute atomic E-state index is 0.0212. The Bertz CT molecular complexity index is 461. The molecular formula is C14H21ClN2OS. The molecule has 1 aromatic rings. The van der Waals surface area contributed by atoms with Crippen LogP contribution in [0.2, 0.25) is 5.15 Å². The first-order valence-corrected chi connectivity index (χ1v) is 7.86. The summed E-state index contributed by atoms with van der Waals surface area (Å²) < 4.78 is 0.0212. The molecule has 3 nitrogen and oxygen atoms in total. The number of pyridine rings is 1. The molecule has 1 N–H and O–H groups in total. The molecule has 5 heteroatoms. The fraction of sp³-hybridized carbons (Fsp3) is 0.571. The van der Waals surface area contributed by atoms with Gasteiger partial charge in [0.2, 0.25) is 0 Å². The molecule has 0 aliphatic heterocycles. The molecule has 0 aromatic carbocycles. The smallest absolute Gasteiger partial charge is 0.251 e. The van der Waals surface area contributed by atoms with Crippen LogP contribution >= 0.6 is 23.4 Å². The molecule has 1 rings (SSSR count). The number of carbonyl (C=O) groups excluding carboxylic acids is 1. The van der Waals surface area contributed by atoms with Crippen molar-refractivity contribution < 1.29 is 4.79 Å². The summed E-state index contributed by atoms with van der Waals surface area (Å²) >= 11 is 7.68. The average Bonchev–Trinajstić information content (AvgIpc) is 2.35. The van der Waals surface area contributed by atoms with E-state index in [2.05, 4.69) is 24.1 Å². The van der Waals surface area contributed by atoms with Crippen LogP contribution in [0.3, 0.4) is 0 Å². The number of hydrogen-bond acceptors (Lipinski definition) is 3. The van der Waals surface area contributed by atoms with Crippen molar-refractivity contribution in [1.82, 2.24) is 10.3 Å². The van der Waals surface area contributed by atoms with E-state index in [1.807, 2.05) is 20.1 Å². The first-order valence-electron chi connectivity index (χ1n) is 6.26. The number of aromatic nitrogens is 1. The first kappa shape index (κ1) is 16.3. The third kappa shape index (κ3) is 5.03. The fourth-order valence-electron chi connectivity index (χ4n) is 1.41. The lowest BCUT2D eigenvalue weighted by Gasteiger charge is -2.22. The molecule has 19 heavy (non-hydrogen) atoms. The number of carbonyl (C=O) groups is 1. The molecular weight excluding hydrogens is 280 g/mol. The van der Waals surface area contributed by atoms with Gasteiger partial charge in [0, 0.05) is 22.5 Å². The average molecular weight is 301 g/mol. The summed E-state index contributed by atoms with van der Waals surface area (Å²) in [7, 11) is 0. The van der Waals surface area contributed by atoms with Gasteiger partial charge in [-0.2, -0.15) is 11.8 Å². The molecule has 1 amide bonds. The van der Waals surface area contributed by atoms with Gasteiger partial charge in [-0.25, -0.2) is 4.98 Å². The lowest BCUT2D eigenvalue weighted by Crippen LogP contribution is -2.36. The zero-order valence-corrected chi connectivity index (χ0v) is 13.7. The van der Waals surface area contributed by atoms with E-state index in [1.54, 1.807) is 23.9 Å². The molecule has 1 heterocycles. The van der Waals surface area contributed by atoms with Crippen molar-refractivity contribution in [3.05, 3.63) is 28.5 Å². The van der Waals surface area contributed by atoms with Gasteiger partial charge < -0.3 is 5.32 Å². The highest BCUT2D eigenvalue weighted by Gasteiger charge is 2.18. The fourth-order valence-corrected chi connectivity index (χ4v) is 1.84. The van der Waals surface area contributed by atoms with Gasteiger partial charge >= 0.3 is 0 Å². The lowest BCUT2D eigenvalue weighted by molar-refractivity contribution is 0.0950. The zero-order chi connectivity index (χ0) is 14.6. The van der Waals surface area contributed by atoms with Gasteiger partial charge in [0.15, 0.2) is 0 Å². The summed E-state index contributed by atoms with van der Waals surface area (Å²) in [4.78, 5) is 16.3. The molecule has 0 aliphatic carbocycles. The molecule has 0 saturated carbocycles. The normalized spacial score (nSPS) is 11.7. The second-order valence-corrected chi connectivity index (χ2v) is 7.31. The maximum atomic E-state index is 12.1. The first-order chi connectivity index (χ1) is 8.75. The van der Waals surface area contributed by atoms with E-state index >= 15 is 0 Å². The van der Waals surface area contributed by atoms with Crippen molar-refractivity contribution in [3.63, 3.8) is 0 Å². The molecule has 0 atom stereocenters. The molecule has 0 saturated heterocycles. The molecule has 0 unspecified atom stereocenters. The Hall–Kier alpha value is -0.740. The van der Waals surface area contributed by atoms with Gasteiger partial charge in [-0.15, -0.1) is 0 Å². The van der Waals surface area contributed by atoms with Gasteiger partial charge in [0.25, 0.3) is 5.91 Å². The molecule has 1 aromatic heterocycles. The molecule has 0 radical (unpaired) electrons. The minimum atomic E-state index is -0.103. The number of rotatable bonds is 5. The number of hydrogen-bond donors (Lipinski definition) is 1. The van der Waals surface area contributed by atoms with Gasteiger partial charge in [-0.3, -0.25) is 4.79 Å². The van der Waals surface area contributed by atoms with Crippen molar-refractivity contribution in [2.45, 2.75) is 38.4 Å². The molecule has 106 valence electrons. The predicted molar refractivity (Wildman–Crippen MR) is 83.3 cm³/mol. The van der Waals surface area contributed by atoms with E-state index in [9.17, 15) is 4.79 Å². The van der Waals surface area contributed by atoms with Crippen molar-refractivity contribution in [3.8, 4) is 0 Å². The number of nitrogens with one attached hydrogen (secondary N) is 1. The van der Waals surface area contributed by atoms with Crippen molar-refractivity contribution in [1.29, 1.82) is 0 Å². The van der Waals surface area contributed by atoms with Crippen LogP contribution in [0.4, 0.5) is 0 Å². The minimum Gasteiger partial charge on any atom is -0.351 e. The topological polar surface area (TPSA) is 42.0 Å². The van der Waals surface area contributed by atoms with E-state index in [1.165, 1.54) is 0 Å². The van der Waals surface area contributed by atoms with Crippen molar-refractivity contribution in [2.75, 3.05) is 12.8 Å². The summed E-state index contributed by atoms with van der Waals surface area (Å²) in [5.41, 5.74) is 1.40. The Morgan fingerprint density at radius 1 is 1.47 bits per heavy atom. The number of halogens is 1. The standard InChI is InChI=1S/C14H21ClN2OS/c1-9(2)11-6-10(7-12(15)17-11)13(18)16-8-14(3,4)19-5/h6-7,9H,8H2,1-5H3,(H,16,18). The van der Waals surface area contributed by atoms with Crippen LogP contribution in [0.15, 0.2) is 12.1 Å². The number of nitrogens with zero attached hydrogens (tertiary/aromatic N) is 1. The van der Waals surface area contributed by atoms with Crippen LogP contribution in [0.5, 0.6) is 0 Å². The Balaban J connectivity index is 2.83. The summed E-state index contributed by atoms with van der Waals surface area (Å²) in [6, 6.07) is 3.41. The summed E-state index contributed by atoms with van der Waals surface area (Å²) in [5.74, 6) is 0.140. The third-order valence-corrected chi connectivity index (χ3v) is 4.34. The van der Waals surface area contributed by atoms with Crippen molar-refractivity contribution >= 4 is 29.3 Å². The SMILES string of the molecule is CSC(C)(C)CNC(=O)c1cc(Cl)nc(C(C)C)c1. The molecule has 0 spiro atoms. The predicted octanol–water partition coefficient (Wildman–Crippen LogP) is 3.73. The van der Waals surface area contributed by atoms with E-state index < -0.39 is 0 Å². The summed E-state index contributed by atoms with van der Waals surface area (Å²) in [5, 5.41) is 3.30. The monoisotopic (exact) mass is 300 g/mol. The Labute approximate surface area is 124 Å². The molecule has 0 aliphatic rings. The van der Waals surface area contributed by atoms with Crippen LogP contribution in [-0.4, -0.2) is 28.4 Å². The van der Waals surface area contributed by atoms with Crippen LogP contribution in [0.25, 0.3) is 0 Å². The highest BCUT2D eigenvalue weighted by molar-refractivity contribution is 7.99. The van der Waals surface area contributed by atoms with Gasteiger partial charge in [-0.1, -0.05) is 25.4 Å². The largest absolute Gasteiger partial charge is 0.351 e. The van der Waals surface area contributed by atoms with Crippen LogP contribution in [0.1, 0.15) is 49.7 Å². The highest BCUT2D eigenvalue weighted by Crippen LogP contribution is 2.21. The quantitative estimate of drug-likeness (QED) is 0.843. The van der Waals surface area contributed by atoms with Crippen LogP contribution < -0.4 is 5.32 Å². The second-order valence-electron chi connectivity index (χ2n) is 5.40. The highest BCUT2D eigenvalue weighted by atomic mass is 35.5. The zero-order valence-electron chi connectivity index (χ0n) is 12.1. The van der Waals surface area contributed by atoms with E-state index in [0.29, 0.717) is 17.3 Å². The van der Waals surface area contributed by atoms with Crippen LogP contribution in [0, 0.1) is 0 Å². The van der Waals surface area contributed by atoms with E-state index in [4.69, 9.17) is 11.6 Å². The van der Waals surface area contributed by atoms with Crippen LogP contribution in [-0.2, 0) is 0 Å². The van der Waals surface area contributed by atoms with Gasteiger partial charge in [0.05, 0.1) is 0 Å². The lowest BCUT2D eigenvalue weighted by atomic mass is 10.1. The Morgan fingerprint density at radius 3 is 2.63 bits per heavy atom. The second kappa shape index (κ2) is 6.62. The molecule has 0 bridgehead atoms. The van der Waals surface area contributed by atoms with Gasteiger partial charge in [0.1, 0.15) is 5.15 Å². The Morgan fingerprint density at radius 2 is 2.11 bits per heavy atom. The van der Waals surface area contributed by atoms with Crippen molar-refractivity contribution in [2.24, 2.45) is 0 Å². The summed E-state index contributed by atoms with van der Waals surface area (Å²) in [6.07, 6.45) is 2.03. The Kier molecular flexibility index (Phi) is 5.68. The molecule has 0 fully saturated rings. The van der Waals surface area contributed by atoms with E-state index in [0.717, 1.165) is 5.69 Å². The van der Waals surface area contributed by atoms with Gasteiger partial charge in [-0.05, 0) is 38.2 Å². The summed E-state index contributed by atoms with van der Waals surface area (Å²) in [6.45, 7) is 8.85. The number of thioether (sulfide) groups is 1. The maximum absolute atomic E-state index is 12.1. The maximum Gasteiger partial charge on any atom is 0.251 e. The number of amides is 1.